The molecular formula is C34H36O4S. The van der Waals surface area contributed by atoms with Crippen LogP contribution in [-0.2, 0) is 38.8 Å². The van der Waals surface area contributed by atoms with Crippen molar-refractivity contribution in [2.45, 2.75) is 68.4 Å². The van der Waals surface area contributed by atoms with Gasteiger partial charge >= 0.3 is 0 Å². The molecule has 0 amide bonds. The minimum atomic E-state index is -0.350. The second kappa shape index (κ2) is 13.9. The predicted molar refractivity (Wildman–Crippen MR) is 156 cm³/mol. The summed E-state index contributed by atoms with van der Waals surface area (Å²) in [6.07, 6.45) is -1.17. The van der Waals surface area contributed by atoms with Gasteiger partial charge in [-0.1, -0.05) is 120 Å². The normalized spacial score (nSPS) is 23.0. The molecule has 0 aliphatic carbocycles. The predicted octanol–water partition coefficient (Wildman–Crippen LogP) is 7.59. The summed E-state index contributed by atoms with van der Waals surface area (Å²) in [7, 11) is 0. The molecular weight excluding hydrogens is 504 g/mol. The molecule has 4 nitrogen and oxygen atoms in total. The largest absolute Gasteiger partial charge is 0.368 e. The highest BCUT2D eigenvalue weighted by molar-refractivity contribution is 7.99. The minimum Gasteiger partial charge on any atom is -0.368 e. The van der Waals surface area contributed by atoms with Crippen molar-refractivity contribution < 1.29 is 18.9 Å². The van der Waals surface area contributed by atoms with E-state index in [0.717, 1.165) is 21.6 Å². The van der Waals surface area contributed by atoms with E-state index in [9.17, 15) is 0 Å². The Morgan fingerprint density at radius 1 is 0.564 bits per heavy atom. The molecule has 0 radical (unpaired) electrons. The highest BCUT2D eigenvalue weighted by atomic mass is 32.2. The zero-order valence-electron chi connectivity index (χ0n) is 22.5. The van der Waals surface area contributed by atoms with Gasteiger partial charge in [0.2, 0.25) is 0 Å². The molecule has 5 rings (SSSR count). The Balaban J connectivity index is 1.42. The lowest BCUT2D eigenvalue weighted by Gasteiger charge is -2.45. The monoisotopic (exact) mass is 540 g/mol. The van der Waals surface area contributed by atoms with Gasteiger partial charge < -0.3 is 18.9 Å². The fourth-order valence-corrected chi connectivity index (χ4v) is 5.87. The molecule has 4 aromatic rings. The lowest BCUT2D eigenvalue weighted by molar-refractivity contribution is -0.242. The van der Waals surface area contributed by atoms with Crippen LogP contribution in [0.15, 0.2) is 120 Å². The van der Waals surface area contributed by atoms with Crippen LogP contribution in [0.25, 0.3) is 0 Å². The molecule has 0 saturated carbocycles. The molecule has 1 saturated heterocycles. The van der Waals surface area contributed by atoms with Gasteiger partial charge in [-0.25, -0.2) is 0 Å². The summed E-state index contributed by atoms with van der Waals surface area (Å²) in [4.78, 5) is 1.14. The van der Waals surface area contributed by atoms with Gasteiger partial charge in [0.25, 0.3) is 0 Å². The first-order valence-corrected chi connectivity index (χ1v) is 14.4. The summed E-state index contributed by atoms with van der Waals surface area (Å²) in [5, 5.41) is 0. The lowest BCUT2D eigenvalue weighted by atomic mass is 9.99. The van der Waals surface area contributed by atoms with E-state index in [1.54, 1.807) is 11.8 Å². The molecule has 4 aromatic carbocycles. The SMILES string of the molecule is Cc1ccc(S[C@@H]2O[C@@H](C)[C@@H](OCc3ccccc3)[C@@H](OCc3ccccc3)[C@@H]2OCc2ccccc2)cc1. The Kier molecular flexibility index (Phi) is 9.86. The average molecular weight is 541 g/mol. The van der Waals surface area contributed by atoms with E-state index < -0.39 is 0 Å². The molecule has 1 aliphatic rings. The maximum absolute atomic E-state index is 6.69. The summed E-state index contributed by atoms with van der Waals surface area (Å²) in [5.41, 5.74) is 4.31. The van der Waals surface area contributed by atoms with Gasteiger partial charge in [0.15, 0.2) is 0 Å². The highest BCUT2D eigenvalue weighted by Gasteiger charge is 2.47. The Morgan fingerprint density at radius 3 is 1.49 bits per heavy atom. The van der Waals surface area contributed by atoms with Gasteiger partial charge in [-0.3, -0.25) is 0 Å². The summed E-state index contributed by atoms with van der Waals surface area (Å²) in [6, 6.07) is 39.3. The van der Waals surface area contributed by atoms with Gasteiger partial charge in [-0.2, -0.15) is 0 Å². The molecule has 1 heterocycles. The third kappa shape index (κ3) is 7.81. The van der Waals surface area contributed by atoms with Crippen LogP contribution in [0, 0.1) is 6.92 Å². The van der Waals surface area contributed by atoms with Gasteiger partial charge in [-0.05, 0) is 42.7 Å². The van der Waals surface area contributed by atoms with Crippen LogP contribution in [-0.4, -0.2) is 29.9 Å². The fourth-order valence-electron chi connectivity index (χ4n) is 4.71. The van der Waals surface area contributed by atoms with E-state index in [0.29, 0.717) is 19.8 Å². The molecule has 0 unspecified atom stereocenters. The number of benzene rings is 4. The molecule has 1 aliphatic heterocycles. The number of hydrogen-bond donors (Lipinski definition) is 0. The van der Waals surface area contributed by atoms with E-state index in [1.807, 2.05) is 54.6 Å². The zero-order chi connectivity index (χ0) is 26.9. The van der Waals surface area contributed by atoms with Crippen LogP contribution >= 0.6 is 11.8 Å². The molecule has 202 valence electrons. The van der Waals surface area contributed by atoms with Crippen LogP contribution in [0.3, 0.4) is 0 Å². The molecule has 0 N–H and O–H groups in total. The van der Waals surface area contributed by atoms with E-state index in [2.05, 4.69) is 74.5 Å². The van der Waals surface area contributed by atoms with Crippen molar-refractivity contribution in [1.82, 2.24) is 0 Å². The molecule has 5 heteroatoms. The number of hydrogen-bond acceptors (Lipinski definition) is 5. The summed E-state index contributed by atoms with van der Waals surface area (Å²) >= 11 is 1.68. The van der Waals surface area contributed by atoms with E-state index in [-0.39, 0.29) is 29.9 Å². The summed E-state index contributed by atoms with van der Waals surface area (Å²) in [5.74, 6) is 0. The standard InChI is InChI=1S/C34H36O4S/c1-25-18-20-30(21-19-25)39-34-33(37-24-29-16-10-5-11-17-29)32(36-23-28-14-8-4-9-15-28)31(26(2)38-34)35-22-27-12-6-3-7-13-27/h3-21,26,31-34H,22-24H2,1-2H3/t26-,31+,32+,33-,34-/m0/s1. The number of thioether (sulfide) groups is 1. The van der Waals surface area contributed by atoms with Crippen molar-refractivity contribution >= 4 is 11.8 Å². The Bertz CT molecular complexity index is 1250. The van der Waals surface area contributed by atoms with Crippen molar-refractivity contribution in [1.29, 1.82) is 0 Å². The van der Waals surface area contributed by atoms with Gasteiger partial charge in [-0.15, -0.1) is 0 Å². The van der Waals surface area contributed by atoms with Crippen LogP contribution in [0.5, 0.6) is 0 Å². The smallest absolute Gasteiger partial charge is 0.136 e. The van der Waals surface area contributed by atoms with Crippen molar-refractivity contribution in [3.05, 3.63) is 138 Å². The van der Waals surface area contributed by atoms with Gasteiger partial charge in [0.1, 0.15) is 23.7 Å². The summed E-state index contributed by atoms with van der Waals surface area (Å²) in [6.45, 7) is 5.58. The lowest BCUT2D eigenvalue weighted by Crippen LogP contribution is -2.58. The zero-order valence-corrected chi connectivity index (χ0v) is 23.3. The van der Waals surface area contributed by atoms with Crippen LogP contribution in [0.1, 0.15) is 29.2 Å². The van der Waals surface area contributed by atoms with Crippen molar-refractivity contribution in [3.63, 3.8) is 0 Å². The molecule has 0 aromatic heterocycles. The van der Waals surface area contributed by atoms with Crippen LogP contribution in [0.2, 0.25) is 0 Å². The quantitative estimate of drug-likeness (QED) is 0.196. The van der Waals surface area contributed by atoms with Crippen molar-refractivity contribution in [2.75, 3.05) is 0 Å². The molecule has 0 spiro atoms. The van der Waals surface area contributed by atoms with Crippen LogP contribution < -0.4 is 0 Å². The third-order valence-electron chi connectivity index (χ3n) is 6.86. The molecule has 1 fully saturated rings. The maximum atomic E-state index is 6.69. The minimum absolute atomic E-state index is 0.186. The number of aryl methyl sites for hydroxylation is 1. The van der Waals surface area contributed by atoms with Crippen molar-refractivity contribution in [2.24, 2.45) is 0 Å². The van der Waals surface area contributed by atoms with Crippen molar-refractivity contribution in [3.8, 4) is 0 Å². The second-order valence-corrected chi connectivity index (χ2v) is 11.1. The Hall–Kier alpha value is -2.93. The molecule has 39 heavy (non-hydrogen) atoms. The third-order valence-corrected chi connectivity index (χ3v) is 8.01. The number of rotatable bonds is 11. The fraction of sp³-hybridized carbons (Fsp3) is 0.294. The topological polar surface area (TPSA) is 36.9 Å². The van der Waals surface area contributed by atoms with Gasteiger partial charge in [0.05, 0.1) is 25.9 Å². The second-order valence-electron chi connectivity index (χ2n) is 9.92. The van der Waals surface area contributed by atoms with Crippen LogP contribution in [0.4, 0.5) is 0 Å². The highest BCUT2D eigenvalue weighted by Crippen LogP contribution is 2.38. The molecule has 0 bridgehead atoms. The first-order chi connectivity index (χ1) is 19.2. The van der Waals surface area contributed by atoms with E-state index >= 15 is 0 Å². The Morgan fingerprint density at radius 2 is 1.00 bits per heavy atom. The first kappa shape index (κ1) is 27.6. The summed E-state index contributed by atoms with van der Waals surface area (Å²) < 4.78 is 26.5. The molecule has 5 atom stereocenters. The average Bonchev–Trinajstić information content (AvgIpc) is 2.98. The van der Waals surface area contributed by atoms with E-state index in [1.165, 1.54) is 5.56 Å². The maximum Gasteiger partial charge on any atom is 0.136 e. The first-order valence-electron chi connectivity index (χ1n) is 13.5. The Labute approximate surface area is 236 Å². The van der Waals surface area contributed by atoms with E-state index in [4.69, 9.17) is 18.9 Å². The van der Waals surface area contributed by atoms with Gasteiger partial charge in [0, 0.05) is 4.90 Å². The number of ether oxygens (including phenoxy) is 4.